The van der Waals surface area contributed by atoms with E-state index >= 15 is 0 Å². The molecule has 1 saturated heterocycles. The number of para-hydroxylation sites is 1. The Kier molecular flexibility index (Phi) is 5.26. The molecule has 2 amide bonds. The van der Waals surface area contributed by atoms with Crippen LogP contribution in [0.1, 0.15) is 33.1 Å². The summed E-state index contributed by atoms with van der Waals surface area (Å²) >= 11 is 0. The Morgan fingerprint density at radius 2 is 1.46 bits per heavy atom. The van der Waals surface area contributed by atoms with Gasteiger partial charge in [0.2, 0.25) is 0 Å². The molecule has 2 atom stereocenters. The van der Waals surface area contributed by atoms with Gasteiger partial charge in [-0.15, -0.1) is 0 Å². The summed E-state index contributed by atoms with van der Waals surface area (Å²) in [5, 5.41) is 0. The standard InChI is InChI=1S/C21H25N3O2/c1-15-7-6-8-16(2)23(15)20(25)21(26)24(18-9-4-3-5-10-18)19-13-11-17(22)12-14-19/h3-5,9-16H,6-8,22H2,1-2H3. The molecule has 0 aliphatic carbocycles. The number of anilines is 3. The summed E-state index contributed by atoms with van der Waals surface area (Å²) in [5.41, 5.74) is 7.67. The average Bonchev–Trinajstić information content (AvgIpc) is 2.64. The van der Waals surface area contributed by atoms with Gasteiger partial charge in [-0.3, -0.25) is 14.5 Å². The molecule has 0 bridgehead atoms. The Hall–Kier alpha value is -2.82. The maximum absolute atomic E-state index is 13.2. The van der Waals surface area contributed by atoms with Gasteiger partial charge in [0.05, 0.1) is 0 Å². The van der Waals surface area contributed by atoms with Crippen molar-refractivity contribution in [1.29, 1.82) is 0 Å². The number of nitrogen functional groups attached to an aromatic ring is 1. The number of benzene rings is 2. The zero-order chi connectivity index (χ0) is 18.7. The second-order valence-corrected chi connectivity index (χ2v) is 6.91. The zero-order valence-corrected chi connectivity index (χ0v) is 15.3. The summed E-state index contributed by atoms with van der Waals surface area (Å²) in [6, 6.07) is 16.4. The van der Waals surface area contributed by atoms with Crippen LogP contribution < -0.4 is 10.6 Å². The quantitative estimate of drug-likeness (QED) is 0.662. The lowest BCUT2D eigenvalue weighted by Crippen LogP contribution is -2.53. The largest absolute Gasteiger partial charge is 0.399 e. The first kappa shape index (κ1) is 18.0. The Morgan fingerprint density at radius 1 is 0.923 bits per heavy atom. The molecule has 2 unspecified atom stereocenters. The summed E-state index contributed by atoms with van der Waals surface area (Å²) in [7, 11) is 0. The summed E-state index contributed by atoms with van der Waals surface area (Å²) < 4.78 is 0. The molecule has 1 aliphatic rings. The minimum absolute atomic E-state index is 0.0687. The zero-order valence-electron chi connectivity index (χ0n) is 15.3. The van der Waals surface area contributed by atoms with E-state index in [2.05, 4.69) is 0 Å². The van der Waals surface area contributed by atoms with Gasteiger partial charge in [0.1, 0.15) is 0 Å². The highest BCUT2D eigenvalue weighted by Crippen LogP contribution is 2.29. The lowest BCUT2D eigenvalue weighted by Gasteiger charge is -2.39. The molecule has 1 aliphatic heterocycles. The predicted octanol–water partition coefficient (Wildman–Crippen LogP) is 3.72. The Balaban J connectivity index is 1.97. The molecule has 136 valence electrons. The van der Waals surface area contributed by atoms with Gasteiger partial charge in [0.25, 0.3) is 0 Å². The fourth-order valence-electron chi connectivity index (χ4n) is 3.61. The van der Waals surface area contributed by atoms with E-state index in [1.165, 1.54) is 4.90 Å². The van der Waals surface area contributed by atoms with Gasteiger partial charge in [-0.05, 0) is 69.5 Å². The number of amides is 2. The summed E-state index contributed by atoms with van der Waals surface area (Å²) in [6.45, 7) is 4.02. The fraction of sp³-hybridized carbons (Fsp3) is 0.333. The van der Waals surface area contributed by atoms with Gasteiger partial charge in [-0.1, -0.05) is 18.2 Å². The normalized spacial score (nSPS) is 19.8. The van der Waals surface area contributed by atoms with Crippen molar-refractivity contribution in [2.75, 3.05) is 10.6 Å². The fourth-order valence-corrected chi connectivity index (χ4v) is 3.61. The molecule has 3 rings (SSSR count). The molecule has 2 N–H and O–H groups in total. The Labute approximate surface area is 154 Å². The molecule has 0 saturated carbocycles. The molecule has 26 heavy (non-hydrogen) atoms. The van der Waals surface area contributed by atoms with E-state index in [0.29, 0.717) is 17.1 Å². The second-order valence-electron chi connectivity index (χ2n) is 6.91. The first-order valence-corrected chi connectivity index (χ1v) is 9.06. The Morgan fingerprint density at radius 3 is 2.04 bits per heavy atom. The van der Waals surface area contributed by atoms with Crippen molar-refractivity contribution in [1.82, 2.24) is 4.90 Å². The van der Waals surface area contributed by atoms with Crippen LogP contribution in [0.4, 0.5) is 17.1 Å². The van der Waals surface area contributed by atoms with Crippen LogP contribution in [0.3, 0.4) is 0 Å². The van der Waals surface area contributed by atoms with E-state index in [4.69, 9.17) is 5.73 Å². The number of nitrogens with zero attached hydrogens (tertiary/aromatic N) is 2. The van der Waals surface area contributed by atoms with Crippen molar-refractivity contribution in [2.45, 2.75) is 45.2 Å². The number of carbonyl (C=O) groups is 2. The van der Waals surface area contributed by atoms with Gasteiger partial charge in [0, 0.05) is 29.1 Å². The van der Waals surface area contributed by atoms with Gasteiger partial charge in [-0.2, -0.15) is 0 Å². The van der Waals surface area contributed by atoms with Crippen LogP contribution in [0.15, 0.2) is 54.6 Å². The molecule has 0 radical (unpaired) electrons. The third kappa shape index (κ3) is 3.57. The van der Waals surface area contributed by atoms with Crippen molar-refractivity contribution >= 4 is 28.9 Å². The third-order valence-corrected chi connectivity index (χ3v) is 4.98. The van der Waals surface area contributed by atoms with Gasteiger partial charge in [0.15, 0.2) is 0 Å². The molecular formula is C21H25N3O2. The molecule has 2 aromatic rings. The van der Waals surface area contributed by atoms with Crippen LogP contribution in [0.2, 0.25) is 0 Å². The number of hydrogen-bond donors (Lipinski definition) is 1. The number of hydrogen-bond acceptors (Lipinski definition) is 3. The predicted molar refractivity (Wildman–Crippen MR) is 104 cm³/mol. The minimum Gasteiger partial charge on any atom is -0.399 e. The summed E-state index contributed by atoms with van der Waals surface area (Å²) in [6.07, 6.45) is 2.94. The molecule has 5 heteroatoms. The topological polar surface area (TPSA) is 66.6 Å². The van der Waals surface area contributed by atoms with Crippen molar-refractivity contribution in [3.63, 3.8) is 0 Å². The van der Waals surface area contributed by atoms with E-state index in [1.807, 2.05) is 44.2 Å². The van der Waals surface area contributed by atoms with Crippen LogP contribution in [0, 0.1) is 0 Å². The summed E-state index contributed by atoms with van der Waals surface area (Å²) in [5.74, 6) is -0.994. The highest BCUT2D eigenvalue weighted by molar-refractivity contribution is 6.42. The SMILES string of the molecule is CC1CCCC(C)N1C(=O)C(=O)N(c1ccccc1)c1ccc(N)cc1. The molecule has 0 spiro atoms. The maximum Gasteiger partial charge on any atom is 0.321 e. The van der Waals surface area contributed by atoms with Crippen LogP contribution in [-0.2, 0) is 9.59 Å². The van der Waals surface area contributed by atoms with E-state index in [0.717, 1.165) is 19.3 Å². The second kappa shape index (κ2) is 7.60. The van der Waals surface area contributed by atoms with Crippen molar-refractivity contribution in [3.05, 3.63) is 54.6 Å². The number of piperidine rings is 1. The lowest BCUT2D eigenvalue weighted by molar-refractivity contribution is -0.148. The molecule has 5 nitrogen and oxygen atoms in total. The van der Waals surface area contributed by atoms with Crippen LogP contribution >= 0.6 is 0 Å². The average molecular weight is 351 g/mol. The first-order valence-electron chi connectivity index (χ1n) is 9.06. The summed E-state index contributed by atoms with van der Waals surface area (Å²) in [4.78, 5) is 29.5. The van der Waals surface area contributed by atoms with Crippen molar-refractivity contribution < 1.29 is 9.59 Å². The number of carbonyl (C=O) groups excluding carboxylic acids is 2. The van der Waals surface area contributed by atoms with Gasteiger partial charge >= 0.3 is 11.8 Å². The van der Waals surface area contributed by atoms with E-state index in [9.17, 15) is 9.59 Å². The number of likely N-dealkylation sites (tertiary alicyclic amines) is 1. The van der Waals surface area contributed by atoms with Crippen molar-refractivity contribution in [3.8, 4) is 0 Å². The molecule has 2 aromatic carbocycles. The number of rotatable bonds is 2. The monoisotopic (exact) mass is 351 g/mol. The first-order chi connectivity index (χ1) is 12.5. The van der Waals surface area contributed by atoms with E-state index in [1.54, 1.807) is 29.2 Å². The Bertz CT molecular complexity index is 764. The molecule has 1 heterocycles. The van der Waals surface area contributed by atoms with E-state index < -0.39 is 11.8 Å². The van der Waals surface area contributed by atoms with Crippen molar-refractivity contribution in [2.24, 2.45) is 0 Å². The van der Waals surface area contributed by atoms with Crippen LogP contribution in [-0.4, -0.2) is 28.8 Å². The third-order valence-electron chi connectivity index (χ3n) is 4.98. The van der Waals surface area contributed by atoms with E-state index in [-0.39, 0.29) is 12.1 Å². The molecule has 1 fully saturated rings. The molecular weight excluding hydrogens is 326 g/mol. The van der Waals surface area contributed by atoms with Gasteiger partial charge in [-0.25, -0.2) is 0 Å². The smallest absolute Gasteiger partial charge is 0.321 e. The number of nitrogens with two attached hydrogens (primary N) is 1. The minimum atomic E-state index is -0.540. The highest BCUT2D eigenvalue weighted by atomic mass is 16.2. The lowest BCUT2D eigenvalue weighted by atomic mass is 9.97. The van der Waals surface area contributed by atoms with Gasteiger partial charge < -0.3 is 10.6 Å². The van der Waals surface area contributed by atoms with Crippen LogP contribution in [0.25, 0.3) is 0 Å². The maximum atomic E-state index is 13.2. The highest BCUT2D eigenvalue weighted by Gasteiger charge is 2.36. The molecule has 0 aromatic heterocycles. The van der Waals surface area contributed by atoms with Crippen LogP contribution in [0.5, 0.6) is 0 Å².